The predicted octanol–water partition coefficient (Wildman–Crippen LogP) is 2.47. The van der Waals surface area contributed by atoms with Crippen molar-refractivity contribution < 1.29 is 4.79 Å². The molecule has 0 aliphatic heterocycles. The minimum absolute atomic E-state index is 0.630. The summed E-state index contributed by atoms with van der Waals surface area (Å²) in [6, 6.07) is 9.02. The summed E-state index contributed by atoms with van der Waals surface area (Å²) in [5.74, 6) is 0.630. The summed E-state index contributed by atoms with van der Waals surface area (Å²) in [5, 5.41) is 4.01. The molecule has 0 saturated carbocycles. The lowest BCUT2D eigenvalue weighted by molar-refractivity contribution is 0.249. The van der Waals surface area contributed by atoms with Crippen molar-refractivity contribution in [1.82, 2.24) is 5.43 Å². The highest BCUT2D eigenvalue weighted by Crippen LogP contribution is 2.08. The second kappa shape index (κ2) is 7.68. The number of nitrogens with two attached hydrogens (primary N) is 1. The van der Waals surface area contributed by atoms with E-state index < -0.39 is 6.03 Å². The molecule has 0 spiro atoms. The first kappa shape index (κ1) is 13.5. The number of halogens is 1. The van der Waals surface area contributed by atoms with Crippen molar-refractivity contribution in [2.45, 2.75) is 19.3 Å². The van der Waals surface area contributed by atoms with Crippen molar-refractivity contribution in [3.63, 3.8) is 0 Å². The number of benzene rings is 1. The number of alkyl halides is 1. The van der Waals surface area contributed by atoms with Gasteiger partial charge in [-0.25, -0.2) is 10.2 Å². The van der Waals surface area contributed by atoms with Crippen LogP contribution in [-0.4, -0.2) is 17.6 Å². The first-order chi connectivity index (χ1) is 8.24. The quantitative estimate of drug-likeness (QED) is 0.348. The molecule has 0 aliphatic carbocycles. The minimum atomic E-state index is -0.657. The van der Waals surface area contributed by atoms with Gasteiger partial charge in [0.25, 0.3) is 0 Å². The van der Waals surface area contributed by atoms with Crippen LogP contribution in [0.3, 0.4) is 0 Å². The topological polar surface area (TPSA) is 67.5 Å². The molecule has 5 heteroatoms. The molecule has 0 aliphatic rings. The molecule has 92 valence electrons. The maximum atomic E-state index is 10.6. The van der Waals surface area contributed by atoms with E-state index >= 15 is 0 Å². The highest BCUT2D eigenvalue weighted by atomic mass is 35.5. The van der Waals surface area contributed by atoms with E-state index in [-0.39, 0.29) is 0 Å². The van der Waals surface area contributed by atoms with Gasteiger partial charge < -0.3 is 5.73 Å². The maximum Gasteiger partial charge on any atom is 0.332 e. The lowest BCUT2D eigenvalue weighted by atomic mass is 10.1. The summed E-state index contributed by atoms with van der Waals surface area (Å²) in [6.07, 6.45) is 2.61. The van der Waals surface area contributed by atoms with Gasteiger partial charge in [-0.15, -0.1) is 11.6 Å². The number of hydrazone groups is 1. The third kappa shape index (κ3) is 5.36. The average molecular weight is 254 g/mol. The Bertz CT molecular complexity index is 379. The van der Waals surface area contributed by atoms with Gasteiger partial charge in [0.1, 0.15) is 0 Å². The number of rotatable bonds is 6. The number of nitrogens with one attached hydrogen (secondary N) is 1. The van der Waals surface area contributed by atoms with Crippen LogP contribution in [0.25, 0.3) is 0 Å². The molecule has 0 bridgehead atoms. The summed E-state index contributed by atoms with van der Waals surface area (Å²) in [6.45, 7) is 0. The molecular weight excluding hydrogens is 238 g/mol. The fourth-order valence-electron chi connectivity index (χ4n) is 1.40. The van der Waals surface area contributed by atoms with Crippen molar-refractivity contribution in [2.24, 2.45) is 10.8 Å². The van der Waals surface area contributed by atoms with Crippen LogP contribution >= 0.6 is 11.6 Å². The molecule has 0 saturated heterocycles. The van der Waals surface area contributed by atoms with E-state index in [1.807, 2.05) is 30.3 Å². The van der Waals surface area contributed by atoms with Crippen LogP contribution in [0, 0.1) is 0 Å². The van der Waals surface area contributed by atoms with Gasteiger partial charge in [0, 0.05) is 5.88 Å². The van der Waals surface area contributed by atoms with Gasteiger partial charge in [-0.2, -0.15) is 5.10 Å². The number of amides is 2. The molecule has 1 aromatic rings. The van der Waals surface area contributed by atoms with E-state index in [4.69, 9.17) is 17.3 Å². The van der Waals surface area contributed by atoms with Gasteiger partial charge in [-0.1, -0.05) is 30.3 Å². The van der Waals surface area contributed by atoms with E-state index in [0.717, 1.165) is 30.5 Å². The molecule has 2 amide bonds. The Balaban J connectivity index is 2.72. The van der Waals surface area contributed by atoms with Gasteiger partial charge in [-0.05, 0) is 24.8 Å². The minimum Gasteiger partial charge on any atom is -0.350 e. The Morgan fingerprint density at radius 1 is 1.29 bits per heavy atom. The Morgan fingerprint density at radius 2 is 2.00 bits per heavy atom. The predicted molar refractivity (Wildman–Crippen MR) is 70.3 cm³/mol. The number of carbonyl (C=O) groups excluding carboxylic acids is 1. The molecule has 0 unspecified atom stereocenters. The molecule has 3 N–H and O–H groups in total. The van der Waals surface area contributed by atoms with E-state index in [0.29, 0.717) is 5.88 Å². The highest BCUT2D eigenvalue weighted by molar-refractivity contribution is 6.17. The van der Waals surface area contributed by atoms with Crippen LogP contribution in [0.2, 0.25) is 0 Å². The number of primary amides is 1. The summed E-state index contributed by atoms with van der Waals surface area (Å²) in [5.41, 5.74) is 9.06. The molecule has 0 atom stereocenters. The Morgan fingerprint density at radius 3 is 2.59 bits per heavy atom. The zero-order valence-corrected chi connectivity index (χ0v) is 10.3. The summed E-state index contributed by atoms with van der Waals surface area (Å²) in [4.78, 5) is 10.6. The van der Waals surface area contributed by atoms with Gasteiger partial charge >= 0.3 is 6.03 Å². The number of urea groups is 1. The molecular formula is C12H16ClN3O. The van der Waals surface area contributed by atoms with Crippen molar-refractivity contribution in [2.75, 3.05) is 5.88 Å². The summed E-state index contributed by atoms with van der Waals surface area (Å²) >= 11 is 5.63. The van der Waals surface area contributed by atoms with Crippen molar-refractivity contribution in [1.29, 1.82) is 0 Å². The average Bonchev–Trinajstić information content (AvgIpc) is 2.34. The first-order valence-corrected chi connectivity index (χ1v) is 6.01. The largest absolute Gasteiger partial charge is 0.350 e. The van der Waals surface area contributed by atoms with Gasteiger partial charge in [0.2, 0.25) is 0 Å². The number of unbranched alkanes of at least 4 members (excludes halogenated alkanes) is 1. The Hall–Kier alpha value is -1.55. The molecule has 0 aromatic heterocycles. The third-order valence-corrected chi connectivity index (χ3v) is 2.47. The fraction of sp³-hybridized carbons (Fsp3) is 0.333. The standard InChI is InChI=1S/C12H16ClN3O/c13-9-5-4-8-11(15-16-12(14)17)10-6-2-1-3-7-10/h1-3,6-7H,4-5,8-9H2,(H3,14,16,17)/b15-11+. The van der Waals surface area contributed by atoms with Crippen LogP contribution in [0.1, 0.15) is 24.8 Å². The normalized spacial score (nSPS) is 11.2. The molecule has 0 fully saturated rings. The number of hydrogen-bond acceptors (Lipinski definition) is 2. The first-order valence-electron chi connectivity index (χ1n) is 5.47. The second-order valence-electron chi connectivity index (χ2n) is 3.55. The Kier molecular flexibility index (Phi) is 6.10. The van der Waals surface area contributed by atoms with Crippen LogP contribution in [-0.2, 0) is 0 Å². The fourth-order valence-corrected chi connectivity index (χ4v) is 1.59. The van der Waals surface area contributed by atoms with Crippen LogP contribution in [0.5, 0.6) is 0 Å². The molecule has 1 aromatic carbocycles. The molecule has 0 heterocycles. The van der Waals surface area contributed by atoms with E-state index in [9.17, 15) is 4.79 Å². The van der Waals surface area contributed by atoms with Gasteiger partial charge in [-0.3, -0.25) is 0 Å². The van der Waals surface area contributed by atoms with E-state index in [1.54, 1.807) is 0 Å². The third-order valence-electron chi connectivity index (χ3n) is 2.21. The zero-order valence-electron chi connectivity index (χ0n) is 9.53. The summed E-state index contributed by atoms with van der Waals surface area (Å²) in [7, 11) is 0. The Labute approximate surface area is 106 Å². The zero-order chi connectivity index (χ0) is 12.5. The van der Waals surface area contributed by atoms with Crippen LogP contribution in [0.15, 0.2) is 35.4 Å². The smallest absolute Gasteiger partial charge is 0.332 e. The maximum absolute atomic E-state index is 10.6. The van der Waals surface area contributed by atoms with Gasteiger partial charge in [0.15, 0.2) is 0 Å². The lowest BCUT2D eigenvalue weighted by Gasteiger charge is -2.06. The summed E-state index contributed by atoms with van der Waals surface area (Å²) < 4.78 is 0. The van der Waals surface area contributed by atoms with Crippen LogP contribution in [0.4, 0.5) is 4.79 Å². The van der Waals surface area contributed by atoms with E-state index in [2.05, 4.69) is 10.5 Å². The highest BCUT2D eigenvalue weighted by Gasteiger charge is 2.03. The molecule has 4 nitrogen and oxygen atoms in total. The number of carbonyl (C=O) groups is 1. The molecule has 0 radical (unpaired) electrons. The monoisotopic (exact) mass is 253 g/mol. The van der Waals surface area contributed by atoms with Crippen molar-refractivity contribution >= 4 is 23.3 Å². The van der Waals surface area contributed by atoms with Crippen LogP contribution < -0.4 is 11.2 Å². The lowest BCUT2D eigenvalue weighted by Crippen LogP contribution is -2.26. The van der Waals surface area contributed by atoms with Crippen molar-refractivity contribution in [3.8, 4) is 0 Å². The molecule has 17 heavy (non-hydrogen) atoms. The molecule has 1 rings (SSSR count). The number of nitrogens with zero attached hydrogens (tertiary/aromatic N) is 1. The van der Waals surface area contributed by atoms with E-state index in [1.165, 1.54) is 0 Å². The SMILES string of the molecule is NC(=O)N/N=C(\CCCCCl)c1ccccc1. The number of hydrogen-bond donors (Lipinski definition) is 2. The van der Waals surface area contributed by atoms with Crippen molar-refractivity contribution in [3.05, 3.63) is 35.9 Å². The second-order valence-corrected chi connectivity index (χ2v) is 3.92. The van der Waals surface area contributed by atoms with Gasteiger partial charge in [0.05, 0.1) is 5.71 Å².